The third kappa shape index (κ3) is 74.1. The summed E-state index contributed by atoms with van der Waals surface area (Å²) in [5.41, 5.74) is 0. The molecule has 7 rings (SSSR count). The zero-order chi connectivity index (χ0) is 86.4. The molecule has 0 saturated heterocycles. The van der Waals surface area contributed by atoms with Gasteiger partial charge in [0.05, 0.1) is 24.4 Å². The molecule has 0 bridgehead atoms. The van der Waals surface area contributed by atoms with E-state index in [1.807, 2.05) is 48.5 Å². The molecule has 0 aromatic heterocycles. The van der Waals surface area contributed by atoms with E-state index in [1.165, 1.54) is 70.6 Å². The van der Waals surface area contributed by atoms with Gasteiger partial charge in [0.2, 0.25) is 0 Å². The molecule has 20 unspecified atom stereocenters. The van der Waals surface area contributed by atoms with Crippen molar-refractivity contribution in [3.63, 3.8) is 0 Å². The van der Waals surface area contributed by atoms with Crippen LogP contribution in [0, 0.1) is 121 Å². The molecule has 13 nitrogen and oxygen atoms in total. The van der Waals surface area contributed by atoms with E-state index in [2.05, 4.69) is 125 Å². The number of Topliss-reactive ketones (excluding diaryl/α,β-unsaturated/α-hetero) is 5. The third-order valence-corrected chi connectivity index (χ3v) is 24.5. The molecule has 0 radical (unpaired) electrons. The maximum atomic E-state index is 12.3. The van der Waals surface area contributed by atoms with Crippen molar-refractivity contribution in [1.82, 2.24) is 0 Å². The van der Waals surface area contributed by atoms with E-state index in [-0.39, 0.29) is 205 Å². The van der Waals surface area contributed by atoms with Crippen molar-refractivity contribution >= 4 is 41.5 Å². The standard InChI is InChI=1S/C16H29O2.C16H25O2.2C10H18O.C8H13O.2C8H18O.C6H14.C5H12O.2C3H6O.C3H8.C2H6O.6W/c2*1-3-12-7-5-9-14(16(12)18)10-13-8-4-6-11(2)15(13)17;2*1-3-8-6-5-7-9(4-2)10(8)11;1-6-4-3-5-7(2)8(6)9;2*1-4-7(3)6-8(9)5-2;1-4-6(3)5-2;1-3-5(6)4-2;2*1-2-3-4;1-3-2;1-2-3;;;;;;/h11-18H,2-10H2,1H3;11-14H,2-10H2,1H3;2*8-9H,3-7H2,1-2H3;6-7H,1,3-5H2,2H3;2*7-9H,4-6H2,1-3H3;6H,4-5H2,1-3H3;5-6H,3-4H2,1-2H3;2*3H,2H2,1H3;3H2,1-2H3;3H,2H2,1H3;;;;;;/q2*-1;;;-1;;;;;;;;;;;;;;. The summed E-state index contributed by atoms with van der Waals surface area (Å²) in [6.45, 7) is 59.8. The summed E-state index contributed by atoms with van der Waals surface area (Å²) in [6, 6.07) is 0. The van der Waals surface area contributed by atoms with Crippen LogP contribution in [-0.4, -0.2) is 109 Å². The van der Waals surface area contributed by atoms with Gasteiger partial charge in [-0.3, -0.25) is 14.4 Å². The Balaban J connectivity index is -0.000000105. The summed E-state index contributed by atoms with van der Waals surface area (Å²) in [7, 11) is 0. The van der Waals surface area contributed by atoms with Crippen LogP contribution in [0.15, 0.2) is 0 Å². The van der Waals surface area contributed by atoms with Crippen molar-refractivity contribution in [2.75, 3.05) is 6.61 Å². The van der Waals surface area contributed by atoms with E-state index in [1.54, 1.807) is 6.92 Å². The molecule has 7 fully saturated rings. The predicted octanol–water partition coefficient (Wildman–Crippen LogP) is 24.8. The summed E-state index contributed by atoms with van der Waals surface area (Å²) < 4.78 is 0. The molecule has 20 atom stereocenters. The Labute approximate surface area is 811 Å². The van der Waals surface area contributed by atoms with E-state index in [9.17, 15) is 43.8 Å². The number of rotatable bonds is 24. The van der Waals surface area contributed by atoms with Crippen LogP contribution in [0.3, 0.4) is 0 Å². The number of aliphatic hydroxyl groups is 6. The molecule has 0 aromatic rings. The van der Waals surface area contributed by atoms with E-state index >= 15 is 0 Å². The maximum absolute atomic E-state index is 12.3. The smallest absolute Gasteiger partial charge is 0.139 e. The van der Waals surface area contributed by atoms with Gasteiger partial charge in [-0.05, 0) is 197 Å². The van der Waals surface area contributed by atoms with Gasteiger partial charge in [0.25, 0.3) is 0 Å². The fourth-order valence-corrected chi connectivity index (χ4v) is 15.4. The summed E-state index contributed by atoms with van der Waals surface area (Å²) in [5.74, 6) is 8.43. The average Bonchev–Trinajstić information content (AvgIpc) is 0.836. The second-order valence-corrected chi connectivity index (χ2v) is 33.8. The van der Waals surface area contributed by atoms with Crippen LogP contribution < -0.4 is 0 Å². The van der Waals surface area contributed by atoms with E-state index in [4.69, 9.17) is 20.4 Å². The first-order valence-electron chi connectivity index (χ1n) is 46.8. The first-order chi connectivity index (χ1) is 52.7. The molecular weight excluding hydrogens is 2490 g/mol. The van der Waals surface area contributed by atoms with Gasteiger partial charge < -0.3 is 70.6 Å². The van der Waals surface area contributed by atoms with Gasteiger partial charge in [-0.25, -0.2) is 0 Å². The molecule has 0 aromatic carbocycles. The van der Waals surface area contributed by atoms with E-state index in [0.717, 1.165) is 205 Å². The fraction of sp³-hybridized carbons (Fsp3) is 0.898. The number of carbonyl (C=O) groups excluding carboxylic acids is 7. The summed E-state index contributed by atoms with van der Waals surface area (Å²) in [4.78, 5) is 77.0. The largest absolute Gasteiger partial charge is 0.397 e. The molecule has 0 spiro atoms. The molecule has 6 N–H and O–H groups in total. The van der Waals surface area contributed by atoms with Gasteiger partial charge in [-0.15, -0.1) is 17.8 Å². The Morgan fingerprint density at radius 3 is 0.855 bits per heavy atom. The quantitative estimate of drug-likeness (QED) is 0.0390. The first kappa shape index (κ1) is 144. The topological polar surface area (TPSA) is 241 Å². The van der Waals surface area contributed by atoms with Crippen molar-refractivity contribution in [2.24, 2.45) is 101 Å². The number of aldehydes is 2. The van der Waals surface area contributed by atoms with Crippen LogP contribution >= 0.6 is 0 Å². The van der Waals surface area contributed by atoms with Crippen molar-refractivity contribution in [1.29, 1.82) is 0 Å². The second kappa shape index (κ2) is 98.2. The second-order valence-electron chi connectivity index (χ2n) is 33.8. The Hall–Kier alpha value is 1.58. The van der Waals surface area contributed by atoms with Gasteiger partial charge in [-0.1, -0.05) is 255 Å². The summed E-state index contributed by atoms with van der Waals surface area (Å²) in [6.07, 6.45) is 45.8. The minimum Gasteiger partial charge on any atom is -0.397 e. The number of hydrogen-bond acceptors (Lipinski definition) is 13. The molecule has 7 saturated carbocycles. The first-order valence-corrected chi connectivity index (χ1v) is 46.8. The molecule has 0 amide bonds. The van der Waals surface area contributed by atoms with E-state index in [0.29, 0.717) is 95.0 Å². The van der Waals surface area contributed by atoms with Gasteiger partial charge in [0, 0.05) is 199 Å². The molecule has 0 aliphatic heterocycles. The van der Waals surface area contributed by atoms with Crippen molar-refractivity contribution in [2.45, 2.75) is 459 Å². The molecule has 7 aliphatic rings. The van der Waals surface area contributed by atoms with Crippen molar-refractivity contribution in [3.05, 3.63) is 20.8 Å². The molecule has 0 heterocycles. The van der Waals surface area contributed by atoms with Crippen molar-refractivity contribution in [3.8, 4) is 0 Å². The van der Waals surface area contributed by atoms with Gasteiger partial charge in [0.15, 0.2) is 0 Å². The number of aliphatic hydroxyl groups excluding tert-OH is 6. The summed E-state index contributed by atoms with van der Waals surface area (Å²) >= 11 is 0. The SMILES string of the molecule is CCC.CCC(C)CC.CCC(C)CC(O)CC.CCC(C)CC(O)CC.CCC(O)CC.CCC1CCCC(CC)C1=O.CCC1CCCC(CC)C1=O.CCC=O.CCC=O.CCO.[CH2-]C1CCCC(C)C1=O.[CH2-]C1CCCC(CC2CCCC(CC)C2=O)C1=O.[CH2-]C1CCCC(CC2CCCC(CC)C2O)C1O.[W].[W].[W].[W].[W].[W]. The zero-order valence-electron chi connectivity index (χ0n) is 79.9. The number of hydrogen-bond donors (Lipinski definition) is 6. The summed E-state index contributed by atoms with van der Waals surface area (Å²) in [5, 5.41) is 55.2. The van der Waals surface area contributed by atoms with Crippen LogP contribution in [-0.2, 0) is 160 Å². The van der Waals surface area contributed by atoms with Gasteiger partial charge in [0.1, 0.15) is 41.5 Å². The molecule has 700 valence electrons. The Kier molecular flexibility index (Phi) is 121. The third-order valence-electron chi connectivity index (χ3n) is 24.5. The molecular formula is C98H191O13W6-3. The van der Waals surface area contributed by atoms with Crippen LogP contribution in [0.5, 0.6) is 0 Å². The minimum atomic E-state index is -0.243. The minimum absolute atomic E-state index is 0. The fourth-order valence-electron chi connectivity index (χ4n) is 15.4. The monoisotopic (exact) mass is 2680 g/mol. The molecule has 19 heteroatoms. The Morgan fingerprint density at radius 1 is 0.333 bits per heavy atom. The normalized spacial score (nSPS) is 26.3. The Morgan fingerprint density at radius 2 is 0.590 bits per heavy atom. The average molecular weight is 2680 g/mol. The van der Waals surface area contributed by atoms with Crippen LogP contribution in [0.1, 0.15) is 429 Å². The Bertz CT molecular complexity index is 2010. The molecule has 117 heavy (non-hydrogen) atoms. The van der Waals surface area contributed by atoms with E-state index < -0.39 is 0 Å². The number of carbonyl (C=O) groups is 7. The van der Waals surface area contributed by atoms with Gasteiger partial charge in [-0.2, -0.15) is 0 Å². The zero-order valence-corrected chi connectivity index (χ0v) is 97.5. The molecule has 7 aliphatic carbocycles. The van der Waals surface area contributed by atoms with Crippen LogP contribution in [0.25, 0.3) is 0 Å². The number of ketones is 5. The van der Waals surface area contributed by atoms with Crippen LogP contribution in [0.2, 0.25) is 0 Å². The van der Waals surface area contributed by atoms with Crippen molar-refractivity contribution < 1.29 is 191 Å². The maximum Gasteiger partial charge on any atom is 0.139 e. The predicted molar refractivity (Wildman–Crippen MR) is 474 cm³/mol. The van der Waals surface area contributed by atoms with Gasteiger partial charge >= 0.3 is 0 Å². The van der Waals surface area contributed by atoms with Crippen LogP contribution in [0.4, 0.5) is 0 Å².